The van der Waals surface area contributed by atoms with Gasteiger partial charge < -0.3 is 40.3 Å². The maximum absolute atomic E-state index is 11.7. The molecule has 6 N–H and O–H groups in total. The van der Waals surface area contributed by atoms with Crippen molar-refractivity contribution >= 4 is 5.91 Å². The number of nitrogens with one attached hydrogen (secondary N) is 1. The molecule has 7 unspecified atom stereocenters. The van der Waals surface area contributed by atoms with E-state index in [1.165, 1.54) is 167 Å². The predicted octanol–water partition coefficient (Wildman–Crippen LogP) is 8.17. The summed E-state index contributed by atoms with van der Waals surface area (Å²) in [4.78, 5) is 11.7. The molecule has 302 valence electrons. The molecule has 1 heterocycles. The SMILES string of the molecule is CCCCCCCCCCCCCCCCCCCCCCCCCCCCC/C=C/C(O)C(COC1OC(CO)C(O)C(O)C1O)NC(C)=O. The van der Waals surface area contributed by atoms with E-state index in [0.29, 0.717) is 0 Å². The number of rotatable bonds is 35. The second kappa shape index (κ2) is 33.5. The van der Waals surface area contributed by atoms with Gasteiger partial charge in [-0.15, -0.1) is 0 Å². The first-order chi connectivity index (χ1) is 24.8. The van der Waals surface area contributed by atoms with Gasteiger partial charge in [0, 0.05) is 6.92 Å². The minimum atomic E-state index is -1.56. The summed E-state index contributed by atoms with van der Waals surface area (Å²) in [6.07, 6.45) is 33.6. The van der Waals surface area contributed by atoms with Crippen molar-refractivity contribution in [1.29, 1.82) is 0 Å². The van der Waals surface area contributed by atoms with Crippen LogP contribution in [0.5, 0.6) is 0 Å². The lowest BCUT2D eigenvalue weighted by atomic mass is 9.99. The van der Waals surface area contributed by atoms with Crippen molar-refractivity contribution in [3.05, 3.63) is 12.2 Å². The van der Waals surface area contributed by atoms with Gasteiger partial charge in [0.05, 0.1) is 25.4 Å². The molecule has 1 saturated heterocycles. The first-order valence-corrected chi connectivity index (χ1v) is 21.4. The van der Waals surface area contributed by atoms with Crippen molar-refractivity contribution in [2.24, 2.45) is 0 Å². The second-order valence-electron chi connectivity index (χ2n) is 15.2. The standard InChI is InChI=1S/C42H81NO8/c1-3-4-5-6-7-8-9-10-11-12-13-14-15-16-17-18-19-20-21-22-23-24-25-26-27-28-29-30-31-32-37(46)36(43-35(2)45)34-50-42-41(49)40(48)39(47)38(33-44)51-42/h31-32,36-42,44,46-49H,3-30,33-34H2,1-2H3,(H,43,45)/b32-31+. The zero-order valence-electron chi connectivity index (χ0n) is 32.9. The largest absolute Gasteiger partial charge is 0.394 e. The van der Waals surface area contributed by atoms with Gasteiger partial charge in [-0.1, -0.05) is 186 Å². The van der Waals surface area contributed by atoms with Gasteiger partial charge in [0.1, 0.15) is 24.4 Å². The smallest absolute Gasteiger partial charge is 0.217 e. The van der Waals surface area contributed by atoms with Crippen LogP contribution >= 0.6 is 0 Å². The lowest BCUT2D eigenvalue weighted by Gasteiger charge is -2.40. The molecule has 0 aromatic carbocycles. The summed E-state index contributed by atoms with van der Waals surface area (Å²) in [5.74, 6) is -0.351. The maximum Gasteiger partial charge on any atom is 0.217 e. The minimum Gasteiger partial charge on any atom is -0.394 e. The summed E-state index contributed by atoms with van der Waals surface area (Å²) in [5.41, 5.74) is 0. The third-order valence-corrected chi connectivity index (χ3v) is 10.4. The molecule has 0 aliphatic carbocycles. The van der Waals surface area contributed by atoms with Gasteiger partial charge in [-0.3, -0.25) is 4.79 Å². The molecule has 0 bridgehead atoms. The van der Waals surface area contributed by atoms with E-state index in [4.69, 9.17) is 9.47 Å². The summed E-state index contributed by atoms with van der Waals surface area (Å²) >= 11 is 0. The van der Waals surface area contributed by atoms with Crippen LogP contribution in [0.1, 0.15) is 194 Å². The van der Waals surface area contributed by atoms with Crippen LogP contribution in [-0.2, 0) is 14.3 Å². The average molecular weight is 728 g/mol. The molecular formula is C42H81NO8. The average Bonchev–Trinajstić information content (AvgIpc) is 3.12. The molecule has 1 fully saturated rings. The van der Waals surface area contributed by atoms with Crippen molar-refractivity contribution in [2.45, 2.75) is 236 Å². The van der Waals surface area contributed by atoms with Crippen LogP contribution in [-0.4, -0.2) is 87.5 Å². The van der Waals surface area contributed by atoms with Gasteiger partial charge in [0.25, 0.3) is 0 Å². The first kappa shape index (κ1) is 48.0. The van der Waals surface area contributed by atoms with Gasteiger partial charge in [-0.05, 0) is 12.8 Å². The maximum atomic E-state index is 11.7. The van der Waals surface area contributed by atoms with E-state index in [9.17, 15) is 30.3 Å². The van der Waals surface area contributed by atoms with E-state index in [0.717, 1.165) is 19.3 Å². The van der Waals surface area contributed by atoms with E-state index in [-0.39, 0.29) is 12.5 Å². The Balaban J connectivity index is 1.93. The molecule has 9 heteroatoms. The Morgan fingerprint density at radius 1 is 0.647 bits per heavy atom. The number of carbonyl (C=O) groups excluding carboxylic acids is 1. The molecule has 0 aromatic heterocycles. The van der Waals surface area contributed by atoms with Crippen LogP contribution in [0, 0.1) is 0 Å². The number of amides is 1. The summed E-state index contributed by atoms with van der Waals surface area (Å²) < 4.78 is 10.9. The monoisotopic (exact) mass is 728 g/mol. The van der Waals surface area contributed by atoms with Crippen LogP contribution in [0.3, 0.4) is 0 Å². The number of carbonyl (C=O) groups is 1. The van der Waals surface area contributed by atoms with Gasteiger partial charge in [0.2, 0.25) is 5.91 Å². The Kier molecular flexibility index (Phi) is 31.5. The number of unbranched alkanes of at least 4 members (excludes halogenated alkanes) is 27. The third-order valence-electron chi connectivity index (χ3n) is 10.4. The van der Waals surface area contributed by atoms with Crippen molar-refractivity contribution in [2.75, 3.05) is 13.2 Å². The fraction of sp³-hybridized carbons (Fsp3) is 0.929. The van der Waals surface area contributed by atoms with E-state index in [1.54, 1.807) is 6.08 Å². The van der Waals surface area contributed by atoms with Crippen molar-refractivity contribution in [3.63, 3.8) is 0 Å². The zero-order valence-corrected chi connectivity index (χ0v) is 32.9. The number of ether oxygens (including phenoxy) is 2. The summed E-state index contributed by atoms with van der Waals surface area (Å²) in [7, 11) is 0. The van der Waals surface area contributed by atoms with E-state index >= 15 is 0 Å². The van der Waals surface area contributed by atoms with Crippen molar-refractivity contribution < 1.29 is 39.8 Å². The van der Waals surface area contributed by atoms with Crippen LogP contribution in [0.4, 0.5) is 0 Å². The molecule has 1 aliphatic heterocycles. The molecule has 0 saturated carbocycles. The van der Waals surface area contributed by atoms with Gasteiger partial charge in [-0.25, -0.2) is 0 Å². The topological polar surface area (TPSA) is 149 Å². The molecule has 0 aromatic rings. The summed E-state index contributed by atoms with van der Waals surface area (Å²) in [6.45, 7) is 2.86. The third kappa shape index (κ3) is 25.6. The fourth-order valence-corrected chi connectivity index (χ4v) is 7.01. The van der Waals surface area contributed by atoms with Crippen LogP contribution in [0.25, 0.3) is 0 Å². The number of allylic oxidation sites excluding steroid dienone is 1. The highest BCUT2D eigenvalue weighted by atomic mass is 16.7. The van der Waals surface area contributed by atoms with E-state index in [2.05, 4.69) is 12.2 Å². The lowest BCUT2D eigenvalue weighted by Crippen LogP contribution is -2.60. The molecule has 0 spiro atoms. The van der Waals surface area contributed by atoms with Crippen LogP contribution in [0.2, 0.25) is 0 Å². The molecule has 1 rings (SSSR count). The Labute approximate surface area is 312 Å². The number of aliphatic hydroxyl groups is 5. The zero-order chi connectivity index (χ0) is 37.4. The number of hydrogen-bond donors (Lipinski definition) is 6. The molecule has 1 aliphatic rings. The highest BCUT2D eigenvalue weighted by molar-refractivity contribution is 5.73. The molecule has 0 radical (unpaired) electrons. The Hall–Kier alpha value is -1.07. The predicted molar refractivity (Wildman–Crippen MR) is 207 cm³/mol. The molecule has 7 atom stereocenters. The van der Waals surface area contributed by atoms with Crippen LogP contribution < -0.4 is 5.32 Å². The molecule has 9 nitrogen and oxygen atoms in total. The minimum absolute atomic E-state index is 0.201. The lowest BCUT2D eigenvalue weighted by molar-refractivity contribution is -0.302. The normalized spacial score (nSPS) is 22.1. The highest BCUT2D eigenvalue weighted by Gasteiger charge is 2.44. The number of aliphatic hydroxyl groups excluding tert-OH is 5. The highest BCUT2D eigenvalue weighted by Crippen LogP contribution is 2.22. The van der Waals surface area contributed by atoms with E-state index < -0.39 is 49.5 Å². The Morgan fingerprint density at radius 3 is 1.41 bits per heavy atom. The molecule has 1 amide bonds. The molecular weight excluding hydrogens is 646 g/mol. The van der Waals surface area contributed by atoms with Gasteiger partial charge in [0.15, 0.2) is 6.29 Å². The Morgan fingerprint density at radius 2 is 1.04 bits per heavy atom. The quantitative estimate of drug-likeness (QED) is 0.0283. The second-order valence-corrected chi connectivity index (χ2v) is 15.2. The summed E-state index contributed by atoms with van der Waals surface area (Å²) in [5, 5.41) is 52.7. The Bertz CT molecular complexity index is 812. The summed E-state index contributed by atoms with van der Waals surface area (Å²) in [6, 6.07) is -0.801. The van der Waals surface area contributed by atoms with E-state index in [1.807, 2.05) is 6.08 Å². The van der Waals surface area contributed by atoms with Gasteiger partial charge in [-0.2, -0.15) is 0 Å². The molecule has 51 heavy (non-hydrogen) atoms. The fourth-order valence-electron chi connectivity index (χ4n) is 7.01. The number of hydrogen-bond acceptors (Lipinski definition) is 8. The van der Waals surface area contributed by atoms with Crippen molar-refractivity contribution in [3.8, 4) is 0 Å². The van der Waals surface area contributed by atoms with Crippen molar-refractivity contribution in [1.82, 2.24) is 5.32 Å². The first-order valence-electron chi connectivity index (χ1n) is 21.4. The van der Waals surface area contributed by atoms with Crippen LogP contribution in [0.15, 0.2) is 12.2 Å². The van der Waals surface area contributed by atoms with Gasteiger partial charge >= 0.3 is 0 Å².